The van der Waals surface area contributed by atoms with Crippen LogP contribution in [0.3, 0.4) is 0 Å². The lowest BCUT2D eigenvalue weighted by Gasteiger charge is -2.26. The summed E-state index contributed by atoms with van der Waals surface area (Å²) < 4.78 is 5.78. The van der Waals surface area contributed by atoms with E-state index in [-0.39, 0.29) is 44.9 Å². The first-order valence-electron chi connectivity index (χ1n) is 20.4. The van der Waals surface area contributed by atoms with E-state index < -0.39 is 71.6 Å². The molecule has 4 atom stereocenters. The number of rotatable bonds is 11. The van der Waals surface area contributed by atoms with Crippen LogP contribution in [-0.4, -0.2) is 70.8 Å². The van der Waals surface area contributed by atoms with Gasteiger partial charge in [0.25, 0.3) is 5.91 Å². The van der Waals surface area contributed by atoms with E-state index >= 15 is 0 Å². The second-order valence-electron chi connectivity index (χ2n) is 15.7. The highest BCUT2D eigenvalue weighted by molar-refractivity contribution is 7.09. The summed E-state index contributed by atoms with van der Waals surface area (Å²) in [7, 11) is 0. The fraction of sp³-hybridized carbons (Fsp3) is 0.292. The largest absolute Gasteiger partial charge is 0.484 e. The van der Waals surface area contributed by atoms with Crippen LogP contribution < -0.4 is 26.0 Å². The maximum absolute atomic E-state index is 14.6. The SMILES string of the molecule is O=C1COc2ccc(cc2)C[C@@H](C(=O)NC2(C(=O)O)CC2)CC(=O)[C@@H](CCc2ccccc2)NC(=O)[C@H](Cc2ccc(-c3ccccc3)cc2)NC(=O)[C@@H](Cc2cccs2)N1. The van der Waals surface area contributed by atoms with Crippen molar-refractivity contribution in [3.05, 3.63) is 148 Å². The molecule has 1 aromatic heterocycles. The number of nitrogens with one attached hydrogen (secondary N) is 4. The molecule has 2 aliphatic heterocycles. The van der Waals surface area contributed by atoms with Gasteiger partial charge in [0.15, 0.2) is 12.4 Å². The Morgan fingerprint density at radius 3 is 1.97 bits per heavy atom. The number of Topliss-reactive ketones (excluding diaryl/α,β-unsaturated/α-hetero) is 1. The fourth-order valence-electron chi connectivity index (χ4n) is 7.45. The smallest absolute Gasteiger partial charge is 0.329 e. The van der Waals surface area contributed by atoms with Crippen LogP contribution in [0.5, 0.6) is 5.75 Å². The molecule has 1 fully saturated rings. The van der Waals surface area contributed by atoms with E-state index in [2.05, 4.69) is 21.3 Å². The number of fused-ring (bicyclic) bond motifs is 16. The molecule has 1 saturated carbocycles. The molecule has 61 heavy (non-hydrogen) atoms. The van der Waals surface area contributed by atoms with Crippen LogP contribution in [-0.2, 0) is 54.5 Å². The van der Waals surface area contributed by atoms with Crippen molar-refractivity contribution in [2.24, 2.45) is 5.92 Å². The second-order valence-corrected chi connectivity index (χ2v) is 16.7. The van der Waals surface area contributed by atoms with Gasteiger partial charge in [0.2, 0.25) is 17.7 Å². The molecule has 4 amide bonds. The Hall–Kier alpha value is -6.60. The number of thiophene rings is 1. The summed E-state index contributed by atoms with van der Waals surface area (Å²) >= 11 is 1.43. The summed E-state index contributed by atoms with van der Waals surface area (Å²) in [6.45, 7) is -0.398. The van der Waals surface area contributed by atoms with Crippen molar-refractivity contribution in [3.63, 3.8) is 0 Å². The zero-order valence-corrected chi connectivity index (χ0v) is 34.3. The molecule has 1 aliphatic carbocycles. The van der Waals surface area contributed by atoms with Gasteiger partial charge >= 0.3 is 5.97 Å². The summed E-state index contributed by atoms with van der Waals surface area (Å²) in [6, 6.07) is 34.1. The number of aliphatic carboxylic acids is 1. The van der Waals surface area contributed by atoms with Crippen molar-refractivity contribution in [2.75, 3.05) is 6.61 Å². The van der Waals surface area contributed by atoms with Gasteiger partial charge in [0, 0.05) is 30.1 Å². The lowest BCUT2D eigenvalue weighted by Crippen LogP contribution is -2.57. The molecule has 2 bridgehead atoms. The molecular weight excluding hydrogens is 793 g/mol. The number of ether oxygens (including phenoxy) is 1. The predicted octanol–water partition coefficient (Wildman–Crippen LogP) is 5.23. The Balaban J connectivity index is 1.22. The second kappa shape index (κ2) is 19.6. The van der Waals surface area contributed by atoms with Gasteiger partial charge in [-0.3, -0.25) is 24.0 Å². The quantitative estimate of drug-likeness (QED) is 0.112. The molecular formula is C48H48N4O8S. The van der Waals surface area contributed by atoms with Crippen molar-refractivity contribution in [3.8, 4) is 16.9 Å². The number of hydrogen-bond acceptors (Lipinski definition) is 8. The van der Waals surface area contributed by atoms with Crippen LogP contribution in [0, 0.1) is 5.92 Å². The van der Waals surface area contributed by atoms with E-state index in [9.17, 15) is 33.9 Å². The molecule has 0 unspecified atom stereocenters. The van der Waals surface area contributed by atoms with Gasteiger partial charge in [-0.05, 0) is 83.5 Å². The highest BCUT2D eigenvalue weighted by atomic mass is 32.1. The van der Waals surface area contributed by atoms with Crippen molar-refractivity contribution in [1.29, 1.82) is 0 Å². The molecule has 5 N–H and O–H groups in total. The van der Waals surface area contributed by atoms with Crippen molar-refractivity contribution in [1.82, 2.24) is 21.3 Å². The average molecular weight is 841 g/mol. The monoisotopic (exact) mass is 840 g/mol. The molecule has 3 heterocycles. The predicted molar refractivity (Wildman–Crippen MR) is 231 cm³/mol. The normalized spacial score (nSPS) is 20.7. The van der Waals surface area contributed by atoms with Crippen LogP contribution in [0.4, 0.5) is 0 Å². The highest BCUT2D eigenvalue weighted by Gasteiger charge is 2.52. The first kappa shape index (κ1) is 42.5. The number of carbonyl (C=O) groups is 6. The Kier molecular flexibility index (Phi) is 13.7. The number of carbonyl (C=O) groups excluding carboxylic acids is 5. The van der Waals surface area contributed by atoms with Crippen LogP contribution in [0.25, 0.3) is 11.1 Å². The number of benzene rings is 4. The number of ketones is 1. The number of carboxylic acid groups (broad SMARTS) is 1. The summed E-state index contributed by atoms with van der Waals surface area (Å²) in [5.74, 6) is -4.50. The van der Waals surface area contributed by atoms with Crippen LogP contribution >= 0.6 is 11.3 Å². The minimum atomic E-state index is -1.38. The van der Waals surface area contributed by atoms with Crippen LogP contribution in [0.2, 0.25) is 0 Å². The molecule has 0 radical (unpaired) electrons. The van der Waals surface area contributed by atoms with E-state index in [4.69, 9.17) is 4.74 Å². The number of carboxylic acids is 1. The van der Waals surface area contributed by atoms with Gasteiger partial charge in [0.1, 0.15) is 23.4 Å². The molecule has 4 aromatic carbocycles. The van der Waals surface area contributed by atoms with Crippen molar-refractivity contribution >= 4 is 46.7 Å². The summed E-state index contributed by atoms with van der Waals surface area (Å²) in [4.78, 5) is 83.5. The first-order valence-corrected chi connectivity index (χ1v) is 21.3. The van der Waals surface area contributed by atoms with Gasteiger partial charge < -0.3 is 31.1 Å². The first-order chi connectivity index (χ1) is 29.5. The minimum absolute atomic E-state index is 0.0608. The topological polar surface area (TPSA) is 180 Å². The van der Waals surface area contributed by atoms with E-state index in [1.165, 1.54) is 11.3 Å². The maximum Gasteiger partial charge on any atom is 0.329 e. The van der Waals surface area contributed by atoms with Crippen LogP contribution in [0.1, 0.15) is 47.3 Å². The standard InChI is InChI=1S/C48H48N4O8S/c53-42-28-36(44(55)52-48(23-24-48)47(58)59)26-32-15-20-37(21-16-32)60-30-43(54)49-41(29-38-12-7-25-61-38)46(57)51-40(45(56)50-39(42)22-17-31-8-3-1-4-9-31)27-33-13-18-35(19-14-33)34-10-5-2-6-11-34/h1-16,18-21,25,36,39-41H,17,22-24,26-30H2,(H,49,54)(H,50,56)(H,51,57)(H,52,55)(H,58,59)/t36-,39-,40+,41-/m1/s1. The third-order valence-electron chi connectivity index (χ3n) is 11.2. The summed E-state index contributed by atoms with van der Waals surface area (Å²) in [6.07, 6.45) is 1.19. The maximum atomic E-state index is 14.6. The van der Waals surface area contributed by atoms with Gasteiger partial charge in [-0.2, -0.15) is 0 Å². The van der Waals surface area contributed by atoms with E-state index in [0.717, 1.165) is 27.1 Å². The molecule has 13 heteroatoms. The number of aryl methyl sites for hydroxylation is 1. The van der Waals surface area contributed by atoms with E-state index in [1.54, 1.807) is 24.3 Å². The van der Waals surface area contributed by atoms with E-state index in [1.807, 2.05) is 102 Å². The Bertz CT molecular complexity index is 2320. The molecule has 5 aromatic rings. The molecule has 0 saturated heterocycles. The molecule has 314 valence electrons. The van der Waals surface area contributed by atoms with Gasteiger partial charge in [0.05, 0.1) is 6.04 Å². The lowest BCUT2D eigenvalue weighted by atomic mass is 9.89. The lowest BCUT2D eigenvalue weighted by molar-refractivity contribution is -0.144. The Labute approximate surface area is 358 Å². The van der Waals surface area contributed by atoms with Crippen molar-refractivity contribution < 1.29 is 38.6 Å². The van der Waals surface area contributed by atoms with Crippen LogP contribution in [0.15, 0.2) is 127 Å². The van der Waals surface area contributed by atoms with E-state index in [0.29, 0.717) is 17.7 Å². The van der Waals surface area contributed by atoms with Gasteiger partial charge in [-0.15, -0.1) is 11.3 Å². The Morgan fingerprint density at radius 1 is 0.689 bits per heavy atom. The summed E-state index contributed by atoms with van der Waals surface area (Å²) in [5.41, 5.74) is 2.96. The molecule has 8 rings (SSSR count). The molecule has 0 spiro atoms. The average Bonchev–Trinajstić information content (AvgIpc) is 3.88. The third kappa shape index (κ3) is 11.6. The molecule has 3 aliphatic rings. The zero-order chi connectivity index (χ0) is 42.8. The summed E-state index contributed by atoms with van der Waals surface area (Å²) in [5, 5.41) is 23.1. The number of hydrogen-bond donors (Lipinski definition) is 5. The number of amides is 4. The highest BCUT2D eigenvalue weighted by Crippen LogP contribution is 2.36. The van der Waals surface area contributed by atoms with Gasteiger partial charge in [-0.1, -0.05) is 103 Å². The molecule has 12 nitrogen and oxygen atoms in total. The Morgan fingerprint density at radius 2 is 1.33 bits per heavy atom. The minimum Gasteiger partial charge on any atom is -0.484 e. The third-order valence-corrected chi connectivity index (χ3v) is 12.1. The van der Waals surface area contributed by atoms with Gasteiger partial charge in [-0.25, -0.2) is 4.79 Å². The van der Waals surface area contributed by atoms with Crippen molar-refractivity contribution in [2.45, 2.75) is 75.0 Å². The fourth-order valence-corrected chi connectivity index (χ4v) is 8.20. The zero-order valence-electron chi connectivity index (χ0n) is 33.5.